The first-order valence-electron chi connectivity index (χ1n) is 11.1. The molecule has 0 saturated carbocycles. The van der Waals surface area contributed by atoms with Gasteiger partial charge in [-0.15, -0.1) is 0 Å². The Morgan fingerprint density at radius 2 is 1.83 bits per heavy atom. The fourth-order valence-corrected chi connectivity index (χ4v) is 4.61. The molecule has 36 heavy (non-hydrogen) atoms. The van der Waals surface area contributed by atoms with E-state index < -0.39 is 6.04 Å². The fraction of sp³-hybridized carbons (Fsp3) is 0.192. The molecule has 0 fully saturated rings. The molecule has 0 saturated heterocycles. The molecule has 0 spiro atoms. The van der Waals surface area contributed by atoms with Gasteiger partial charge in [-0.1, -0.05) is 53.5 Å². The highest BCUT2D eigenvalue weighted by Crippen LogP contribution is 2.35. The Morgan fingerprint density at radius 1 is 1.11 bits per heavy atom. The number of halogens is 2. The lowest BCUT2D eigenvalue weighted by Crippen LogP contribution is -2.27. The number of hydrogen-bond acceptors (Lipinski definition) is 6. The maximum Gasteiger partial charge on any atom is 0.264 e. The average molecular weight is 523 g/mol. The molecule has 0 amide bonds. The Kier molecular flexibility index (Phi) is 7.37. The largest absolute Gasteiger partial charge is 0.369 e. The van der Waals surface area contributed by atoms with E-state index in [2.05, 4.69) is 20.3 Å². The maximum atomic E-state index is 13.7. The topological polar surface area (TPSA) is 92.5 Å². The molecule has 8 nitrogen and oxygen atoms in total. The zero-order chi connectivity index (χ0) is 26.0. The zero-order valence-corrected chi connectivity index (χ0v) is 21.7. The van der Waals surface area contributed by atoms with Crippen LogP contribution >= 0.6 is 23.2 Å². The first-order chi connectivity index (χ1) is 17.2. The van der Waals surface area contributed by atoms with Crippen molar-refractivity contribution >= 4 is 57.7 Å². The minimum Gasteiger partial charge on any atom is -0.369 e. The summed E-state index contributed by atoms with van der Waals surface area (Å²) < 4.78 is 1.54. The summed E-state index contributed by atoms with van der Waals surface area (Å²) in [5.41, 5.74) is 1.05. The van der Waals surface area contributed by atoms with E-state index in [1.807, 2.05) is 51.4 Å². The number of aliphatic imine (C=N–C) groups is 1. The second-order valence-corrected chi connectivity index (χ2v) is 9.17. The molecule has 10 heteroatoms. The van der Waals surface area contributed by atoms with Crippen LogP contribution in [0.1, 0.15) is 35.9 Å². The maximum absolute atomic E-state index is 13.7. The Bertz CT molecular complexity index is 1530. The number of benzene rings is 2. The molecule has 2 aromatic carbocycles. The van der Waals surface area contributed by atoms with Crippen LogP contribution in [0, 0.1) is 0 Å². The van der Waals surface area contributed by atoms with Crippen molar-refractivity contribution in [2.45, 2.75) is 19.9 Å². The van der Waals surface area contributed by atoms with Crippen LogP contribution in [-0.4, -0.2) is 45.7 Å². The molecule has 1 N–H and O–H groups in total. The minimum absolute atomic E-state index is 0.232. The third-order valence-electron chi connectivity index (χ3n) is 5.50. The number of nitrogens with zero attached hydrogens (tertiary/aromatic N) is 5. The summed E-state index contributed by atoms with van der Waals surface area (Å²) in [5.74, 6) is 0.260. The SMILES string of the molecule is CC(=O)c1c(/N=C\N(C)C)ncnc1N[C@@H](C)c1c(Cl)c2cccc(Cl)c2c(=O)n1-c1ccccc1. The fourth-order valence-electron chi connectivity index (χ4n) is 3.95. The van der Waals surface area contributed by atoms with E-state index in [1.165, 1.54) is 17.8 Å². The number of carbonyl (C=O) groups is 1. The van der Waals surface area contributed by atoms with Crippen molar-refractivity contribution in [3.05, 3.63) is 86.5 Å². The number of aromatic nitrogens is 3. The Labute approximate surface area is 218 Å². The number of Topliss-reactive ketones (excluding diaryl/α,β-unsaturated/α-hetero) is 1. The summed E-state index contributed by atoms with van der Waals surface area (Å²) in [6, 6.07) is 13.8. The van der Waals surface area contributed by atoms with E-state index in [9.17, 15) is 9.59 Å². The Hall–Kier alpha value is -3.75. The van der Waals surface area contributed by atoms with Gasteiger partial charge in [0, 0.05) is 25.2 Å². The van der Waals surface area contributed by atoms with Gasteiger partial charge in [0.25, 0.3) is 5.56 Å². The van der Waals surface area contributed by atoms with Crippen LogP contribution in [0.3, 0.4) is 0 Å². The van der Waals surface area contributed by atoms with Gasteiger partial charge in [0.15, 0.2) is 11.6 Å². The number of fused-ring (bicyclic) bond motifs is 1. The van der Waals surface area contributed by atoms with Gasteiger partial charge in [-0.3, -0.25) is 14.2 Å². The summed E-state index contributed by atoms with van der Waals surface area (Å²) in [6.45, 7) is 3.26. The van der Waals surface area contributed by atoms with Crippen molar-refractivity contribution in [3.63, 3.8) is 0 Å². The molecule has 0 bridgehead atoms. The summed E-state index contributed by atoms with van der Waals surface area (Å²) >= 11 is 13.4. The number of hydrogen-bond donors (Lipinski definition) is 1. The number of anilines is 1. The smallest absolute Gasteiger partial charge is 0.264 e. The lowest BCUT2D eigenvalue weighted by atomic mass is 10.1. The molecule has 4 rings (SSSR count). The van der Waals surface area contributed by atoms with Crippen LogP contribution in [0.5, 0.6) is 0 Å². The van der Waals surface area contributed by atoms with Crippen molar-refractivity contribution < 1.29 is 4.79 Å². The quantitative estimate of drug-likeness (QED) is 0.190. The van der Waals surface area contributed by atoms with Crippen LogP contribution in [-0.2, 0) is 0 Å². The Morgan fingerprint density at radius 3 is 2.50 bits per heavy atom. The molecule has 0 radical (unpaired) electrons. The van der Waals surface area contributed by atoms with E-state index in [4.69, 9.17) is 23.2 Å². The minimum atomic E-state index is -0.549. The number of para-hydroxylation sites is 1. The highest BCUT2D eigenvalue weighted by atomic mass is 35.5. The van der Waals surface area contributed by atoms with Crippen molar-refractivity contribution in [2.75, 3.05) is 19.4 Å². The van der Waals surface area contributed by atoms with E-state index in [0.717, 1.165) is 0 Å². The molecule has 0 aliphatic carbocycles. The molecule has 4 aromatic rings. The van der Waals surface area contributed by atoms with Crippen LogP contribution in [0.15, 0.2) is 64.6 Å². The van der Waals surface area contributed by atoms with E-state index in [1.54, 1.807) is 29.4 Å². The van der Waals surface area contributed by atoms with Crippen molar-refractivity contribution in [3.8, 4) is 5.69 Å². The van der Waals surface area contributed by atoms with Crippen LogP contribution in [0.2, 0.25) is 10.0 Å². The first-order valence-corrected chi connectivity index (χ1v) is 11.9. The Balaban J connectivity index is 1.93. The third kappa shape index (κ3) is 4.82. The molecular formula is C26H24Cl2N6O2. The van der Waals surface area contributed by atoms with Crippen LogP contribution in [0.25, 0.3) is 16.5 Å². The van der Waals surface area contributed by atoms with Gasteiger partial charge >= 0.3 is 0 Å². The highest BCUT2D eigenvalue weighted by molar-refractivity contribution is 6.40. The summed E-state index contributed by atoms with van der Waals surface area (Å²) in [7, 11) is 3.63. The second-order valence-electron chi connectivity index (χ2n) is 8.39. The second kappa shape index (κ2) is 10.5. The van der Waals surface area contributed by atoms with Gasteiger partial charge in [-0.2, -0.15) is 0 Å². The average Bonchev–Trinajstić information content (AvgIpc) is 2.84. The lowest BCUT2D eigenvalue weighted by Gasteiger charge is -2.24. The normalized spacial score (nSPS) is 12.2. The summed E-state index contributed by atoms with van der Waals surface area (Å²) in [4.78, 5) is 40.8. The summed E-state index contributed by atoms with van der Waals surface area (Å²) in [5, 5.41) is 4.80. The number of pyridine rings is 1. The standard InChI is InChI=1S/C26H24Cl2N6O2/c1-15(32-25-20(16(2)35)24(29-13-30-25)31-14-33(3)4)23-22(28)18-11-8-12-19(27)21(18)26(36)34(23)17-9-6-5-7-10-17/h5-15H,1-4H3,(H,29,30,32)/b31-14-/t15-/m0/s1. The van der Waals surface area contributed by atoms with Gasteiger partial charge in [-0.25, -0.2) is 15.0 Å². The van der Waals surface area contributed by atoms with Crippen molar-refractivity contribution in [1.29, 1.82) is 0 Å². The van der Waals surface area contributed by atoms with Crippen molar-refractivity contribution in [2.24, 2.45) is 4.99 Å². The molecule has 2 heterocycles. The number of carbonyl (C=O) groups excluding carboxylic acids is 1. The molecular weight excluding hydrogens is 499 g/mol. The highest BCUT2D eigenvalue weighted by Gasteiger charge is 2.25. The number of ketones is 1. The van der Waals surface area contributed by atoms with E-state index >= 15 is 0 Å². The van der Waals surface area contributed by atoms with Crippen LogP contribution in [0.4, 0.5) is 11.6 Å². The molecule has 184 valence electrons. The number of rotatable bonds is 7. The van der Waals surface area contributed by atoms with Crippen LogP contribution < -0.4 is 10.9 Å². The lowest BCUT2D eigenvalue weighted by molar-refractivity contribution is 0.101. The van der Waals surface area contributed by atoms with Crippen molar-refractivity contribution in [1.82, 2.24) is 19.4 Å². The van der Waals surface area contributed by atoms with E-state index in [0.29, 0.717) is 32.2 Å². The molecule has 0 aliphatic heterocycles. The predicted octanol–water partition coefficient (Wildman–Crippen LogP) is 5.68. The van der Waals surface area contributed by atoms with Gasteiger partial charge in [0.2, 0.25) is 0 Å². The molecule has 2 aromatic heterocycles. The molecule has 0 aliphatic rings. The van der Waals surface area contributed by atoms with Gasteiger partial charge in [0.05, 0.1) is 33.5 Å². The van der Waals surface area contributed by atoms with Gasteiger partial charge in [0.1, 0.15) is 17.7 Å². The zero-order valence-electron chi connectivity index (χ0n) is 20.2. The third-order valence-corrected chi connectivity index (χ3v) is 6.21. The molecule has 1 atom stereocenters. The molecule has 0 unspecified atom stereocenters. The first kappa shape index (κ1) is 25.3. The predicted molar refractivity (Wildman–Crippen MR) is 145 cm³/mol. The van der Waals surface area contributed by atoms with Gasteiger partial charge in [-0.05, 0) is 32.0 Å². The van der Waals surface area contributed by atoms with Gasteiger partial charge < -0.3 is 10.2 Å². The van der Waals surface area contributed by atoms with E-state index in [-0.39, 0.29) is 28.5 Å². The monoisotopic (exact) mass is 522 g/mol. The summed E-state index contributed by atoms with van der Waals surface area (Å²) in [6.07, 6.45) is 2.88. The number of nitrogens with one attached hydrogen (secondary N) is 1.